The number of fused-ring (bicyclic) bond motifs is 1. The minimum atomic E-state index is 0.598. The average molecular weight is 357 g/mol. The standard InChI is InChI=1S/C20H27N3O3/c1-2-24-14-15-4-3-7-23(12-15)13-17-11-21-22-20(17)16-5-6-18-19(10-16)26-9-8-25-18/h5-6,10-11,15H,2-4,7-9,12-14H2,1H3,(H,21,22). The number of H-pyrrole nitrogens is 1. The quantitative estimate of drug-likeness (QED) is 0.861. The summed E-state index contributed by atoms with van der Waals surface area (Å²) >= 11 is 0. The maximum Gasteiger partial charge on any atom is 0.162 e. The number of nitrogens with zero attached hydrogens (tertiary/aromatic N) is 2. The number of nitrogens with one attached hydrogen (secondary N) is 1. The fraction of sp³-hybridized carbons (Fsp3) is 0.550. The van der Waals surface area contributed by atoms with Gasteiger partial charge < -0.3 is 14.2 Å². The van der Waals surface area contributed by atoms with Gasteiger partial charge in [0, 0.05) is 30.8 Å². The van der Waals surface area contributed by atoms with E-state index in [2.05, 4.69) is 28.1 Å². The van der Waals surface area contributed by atoms with Crippen molar-refractivity contribution in [2.75, 3.05) is 39.5 Å². The van der Waals surface area contributed by atoms with Crippen molar-refractivity contribution in [2.24, 2.45) is 5.92 Å². The lowest BCUT2D eigenvalue weighted by Crippen LogP contribution is -2.36. The Kier molecular flexibility index (Phi) is 5.41. The number of aromatic amines is 1. The van der Waals surface area contributed by atoms with E-state index in [1.54, 1.807) is 0 Å². The maximum absolute atomic E-state index is 5.72. The Balaban J connectivity index is 1.47. The van der Waals surface area contributed by atoms with E-state index in [-0.39, 0.29) is 0 Å². The fourth-order valence-electron chi connectivity index (χ4n) is 3.84. The SMILES string of the molecule is CCOCC1CCCN(Cc2cn[nH]c2-c2ccc3c(c2)OCCO3)C1. The van der Waals surface area contributed by atoms with E-state index in [1.165, 1.54) is 18.4 Å². The van der Waals surface area contributed by atoms with Gasteiger partial charge in [0.05, 0.1) is 18.5 Å². The molecule has 1 unspecified atom stereocenters. The molecular formula is C20H27N3O3. The number of rotatable bonds is 6. The zero-order chi connectivity index (χ0) is 17.8. The molecule has 2 aliphatic rings. The van der Waals surface area contributed by atoms with Gasteiger partial charge in [0.15, 0.2) is 11.5 Å². The van der Waals surface area contributed by atoms with Crippen LogP contribution in [0.25, 0.3) is 11.3 Å². The number of hydrogen-bond acceptors (Lipinski definition) is 5. The molecule has 1 aromatic carbocycles. The number of hydrogen-bond donors (Lipinski definition) is 1. The molecule has 6 nitrogen and oxygen atoms in total. The van der Waals surface area contributed by atoms with E-state index in [1.807, 2.05) is 18.3 Å². The molecule has 0 radical (unpaired) electrons. The summed E-state index contributed by atoms with van der Waals surface area (Å²) in [5, 5.41) is 7.46. The molecule has 1 fully saturated rings. The predicted octanol–water partition coefficient (Wildman–Crippen LogP) is 3.10. The summed E-state index contributed by atoms with van der Waals surface area (Å²) in [5.74, 6) is 2.26. The van der Waals surface area contributed by atoms with Crippen molar-refractivity contribution in [2.45, 2.75) is 26.3 Å². The van der Waals surface area contributed by atoms with Crippen LogP contribution in [-0.4, -0.2) is 54.6 Å². The van der Waals surface area contributed by atoms with Gasteiger partial charge in [-0.3, -0.25) is 10.00 Å². The fourth-order valence-corrected chi connectivity index (χ4v) is 3.84. The van der Waals surface area contributed by atoms with Crippen molar-refractivity contribution in [1.29, 1.82) is 0 Å². The first-order valence-electron chi connectivity index (χ1n) is 9.56. The number of benzene rings is 1. The molecule has 0 bridgehead atoms. The second-order valence-corrected chi connectivity index (χ2v) is 7.03. The van der Waals surface area contributed by atoms with Crippen LogP contribution in [0.3, 0.4) is 0 Å². The molecule has 3 heterocycles. The Bertz CT molecular complexity index is 731. The Morgan fingerprint density at radius 3 is 3.04 bits per heavy atom. The average Bonchev–Trinajstić information content (AvgIpc) is 3.14. The van der Waals surface area contributed by atoms with Crippen molar-refractivity contribution in [1.82, 2.24) is 15.1 Å². The molecule has 0 spiro atoms. The van der Waals surface area contributed by atoms with Crippen LogP contribution in [0.4, 0.5) is 0 Å². The lowest BCUT2D eigenvalue weighted by atomic mass is 9.98. The highest BCUT2D eigenvalue weighted by Crippen LogP contribution is 2.35. The predicted molar refractivity (Wildman–Crippen MR) is 99.5 cm³/mol. The second-order valence-electron chi connectivity index (χ2n) is 7.03. The molecule has 1 N–H and O–H groups in total. The monoisotopic (exact) mass is 357 g/mol. The van der Waals surface area contributed by atoms with Crippen molar-refractivity contribution >= 4 is 0 Å². The van der Waals surface area contributed by atoms with Crippen LogP contribution in [0, 0.1) is 5.92 Å². The van der Waals surface area contributed by atoms with E-state index in [0.29, 0.717) is 19.1 Å². The number of likely N-dealkylation sites (tertiary alicyclic amines) is 1. The maximum atomic E-state index is 5.72. The van der Waals surface area contributed by atoms with Crippen LogP contribution in [0.5, 0.6) is 11.5 Å². The highest BCUT2D eigenvalue weighted by molar-refractivity contribution is 5.66. The first-order valence-corrected chi connectivity index (χ1v) is 9.56. The normalized spacial score (nSPS) is 20.3. The summed E-state index contributed by atoms with van der Waals surface area (Å²) < 4.78 is 17.0. The summed E-state index contributed by atoms with van der Waals surface area (Å²) in [6.07, 6.45) is 4.43. The molecule has 1 saturated heterocycles. The summed E-state index contributed by atoms with van der Waals surface area (Å²) in [6.45, 7) is 8.06. The van der Waals surface area contributed by atoms with Gasteiger partial charge >= 0.3 is 0 Å². The summed E-state index contributed by atoms with van der Waals surface area (Å²) in [5.41, 5.74) is 3.37. The van der Waals surface area contributed by atoms with Gasteiger partial charge in [-0.15, -0.1) is 0 Å². The Labute approximate surface area is 154 Å². The summed E-state index contributed by atoms with van der Waals surface area (Å²) in [7, 11) is 0. The topological polar surface area (TPSA) is 59.6 Å². The van der Waals surface area contributed by atoms with Crippen LogP contribution >= 0.6 is 0 Å². The van der Waals surface area contributed by atoms with Crippen molar-refractivity contribution in [3.8, 4) is 22.8 Å². The number of piperidine rings is 1. The van der Waals surface area contributed by atoms with Gasteiger partial charge in [-0.25, -0.2) is 0 Å². The first kappa shape index (κ1) is 17.4. The minimum Gasteiger partial charge on any atom is -0.486 e. The molecule has 6 heteroatoms. The largest absolute Gasteiger partial charge is 0.486 e. The summed E-state index contributed by atoms with van der Waals surface area (Å²) in [6, 6.07) is 6.09. The number of aromatic nitrogens is 2. The van der Waals surface area contributed by atoms with Crippen LogP contribution < -0.4 is 9.47 Å². The Morgan fingerprint density at radius 1 is 1.27 bits per heavy atom. The molecule has 0 saturated carbocycles. The molecule has 1 aromatic heterocycles. The molecule has 4 rings (SSSR count). The Morgan fingerprint density at radius 2 is 2.15 bits per heavy atom. The van der Waals surface area contributed by atoms with Crippen LogP contribution in [-0.2, 0) is 11.3 Å². The smallest absolute Gasteiger partial charge is 0.162 e. The van der Waals surface area contributed by atoms with Crippen LogP contribution in [0.2, 0.25) is 0 Å². The zero-order valence-electron chi connectivity index (χ0n) is 15.4. The third-order valence-electron chi connectivity index (χ3n) is 5.10. The van der Waals surface area contributed by atoms with E-state index < -0.39 is 0 Å². The van der Waals surface area contributed by atoms with Gasteiger partial charge in [-0.1, -0.05) is 0 Å². The van der Waals surface area contributed by atoms with Gasteiger partial charge in [0.25, 0.3) is 0 Å². The molecule has 2 aromatic rings. The van der Waals surface area contributed by atoms with Crippen molar-refractivity contribution < 1.29 is 14.2 Å². The van der Waals surface area contributed by atoms with Crippen LogP contribution in [0.15, 0.2) is 24.4 Å². The molecule has 140 valence electrons. The molecular weight excluding hydrogens is 330 g/mol. The highest BCUT2D eigenvalue weighted by atomic mass is 16.6. The lowest BCUT2D eigenvalue weighted by Gasteiger charge is -2.32. The summed E-state index contributed by atoms with van der Waals surface area (Å²) in [4.78, 5) is 2.51. The second kappa shape index (κ2) is 8.10. The molecule has 2 aliphatic heterocycles. The molecule has 0 amide bonds. The highest BCUT2D eigenvalue weighted by Gasteiger charge is 2.22. The van der Waals surface area contributed by atoms with Crippen molar-refractivity contribution in [3.63, 3.8) is 0 Å². The van der Waals surface area contributed by atoms with Gasteiger partial charge in [0.1, 0.15) is 13.2 Å². The van der Waals surface area contributed by atoms with Gasteiger partial charge in [0.2, 0.25) is 0 Å². The zero-order valence-corrected chi connectivity index (χ0v) is 15.4. The lowest BCUT2D eigenvalue weighted by molar-refractivity contribution is 0.0648. The number of ether oxygens (including phenoxy) is 3. The molecule has 1 atom stereocenters. The van der Waals surface area contributed by atoms with Crippen LogP contribution in [0.1, 0.15) is 25.3 Å². The van der Waals surface area contributed by atoms with E-state index >= 15 is 0 Å². The third kappa shape index (κ3) is 3.86. The van der Waals surface area contributed by atoms with Crippen molar-refractivity contribution in [3.05, 3.63) is 30.0 Å². The van der Waals surface area contributed by atoms with E-state index in [9.17, 15) is 0 Å². The van der Waals surface area contributed by atoms with Gasteiger partial charge in [-0.05, 0) is 50.4 Å². The Hall–Kier alpha value is -2.05. The first-order chi connectivity index (χ1) is 12.8. The van der Waals surface area contributed by atoms with E-state index in [4.69, 9.17) is 14.2 Å². The molecule has 0 aliphatic carbocycles. The van der Waals surface area contributed by atoms with Gasteiger partial charge in [-0.2, -0.15) is 5.10 Å². The minimum absolute atomic E-state index is 0.598. The molecule has 26 heavy (non-hydrogen) atoms. The third-order valence-corrected chi connectivity index (χ3v) is 5.10. The van der Waals surface area contributed by atoms with E-state index in [0.717, 1.165) is 55.6 Å².